The van der Waals surface area contributed by atoms with Crippen molar-refractivity contribution in [2.75, 3.05) is 0 Å². The molecule has 0 fully saturated rings. The van der Waals surface area contributed by atoms with Crippen LogP contribution < -0.4 is 5.32 Å². The van der Waals surface area contributed by atoms with Crippen molar-refractivity contribution in [3.63, 3.8) is 0 Å². The Bertz CT molecular complexity index is 562. The zero-order chi connectivity index (χ0) is 14.7. The quantitative estimate of drug-likeness (QED) is 0.786. The number of hydrogen-bond acceptors (Lipinski definition) is 3. The molecule has 0 aliphatic carbocycles. The van der Waals surface area contributed by atoms with Crippen LogP contribution in [0.4, 0.5) is 0 Å². The minimum Gasteiger partial charge on any atom is -0.303 e. The number of benzene rings is 1. The average molecular weight is 353 g/mol. The van der Waals surface area contributed by atoms with Crippen molar-refractivity contribution >= 4 is 27.3 Å². The Morgan fingerprint density at radius 3 is 2.40 bits per heavy atom. The van der Waals surface area contributed by atoms with Gasteiger partial charge in [-0.3, -0.25) is 0 Å². The third kappa shape index (κ3) is 3.68. The molecule has 0 saturated heterocycles. The lowest BCUT2D eigenvalue weighted by atomic mass is 10.0. The van der Waals surface area contributed by atoms with E-state index in [1.54, 1.807) is 11.3 Å². The second-order valence-corrected chi connectivity index (χ2v) is 7.23. The summed E-state index contributed by atoms with van der Waals surface area (Å²) >= 11 is 5.28. The molecule has 0 radical (unpaired) electrons. The summed E-state index contributed by atoms with van der Waals surface area (Å²) in [6.45, 7) is 8.61. The summed E-state index contributed by atoms with van der Waals surface area (Å²) in [7, 11) is 0. The summed E-state index contributed by atoms with van der Waals surface area (Å²) in [4.78, 5) is 5.87. The van der Waals surface area contributed by atoms with Gasteiger partial charge in [0, 0.05) is 21.4 Å². The molecule has 0 saturated carbocycles. The Morgan fingerprint density at radius 2 is 1.90 bits per heavy atom. The van der Waals surface area contributed by atoms with Crippen LogP contribution in [0, 0.1) is 13.8 Å². The van der Waals surface area contributed by atoms with Gasteiger partial charge in [-0.1, -0.05) is 35.0 Å². The summed E-state index contributed by atoms with van der Waals surface area (Å²) in [5.74, 6) is 0. The number of nitrogens with zero attached hydrogens (tertiary/aromatic N) is 1. The monoisotopic (exact) mass is 352 g/mol. The highest BCUT2D eigenvalue weighted by Gasteiger charge is 2.17. The smallest absolute Gasteiger partial charge is 0.0900 e. The van der Waals surface area contributed by atoms with Crippen LogP contribution in [0.15, 0.2) is 28.7 Å². The molecule has 1 heterocycles. The highest BCUT2D eigenvalue weighted by atomic mass is 79.9. The minimum atomic E-state index is 0.329. The van der Waals surface area contributed by atoms with Crippen molar-refractivity contribution in [3.05, 3.63) is 49.9 Å². The molecule has 2 rings (SSSR count). The van der Waals surface area contributed by atoms with Gasteiger partial charge in [0.15, 0.2) is 0 Å². The summed E-state index contributed by atoms with van der Waals surface area (Å²) in [6, 6.07) is 9.28. The average Bonchev–Trinajstić information content (AvgIpc) is 2.76. The molecular weight excluding hydrogens is 332 g/mol. The molecule has 1 aromatic carbocycles. The van der Waals surface area contributed by atoms with E-state index in [1.807, 2.05) is 0 Å². The second-order valence-electron chi connectivity index (χ2n) is 5.08. The first kappa shape index (κ1) is 15.7. The Morgan fingerprint density at radius 1 is 1.25 bits per heavy atom. The van der Waals surface area contributed by atoms with Crippen molar-refractivity contribution in [2.24, 2.45) is 0 Å². The molecule has 2 atom stereocenters. The van der Waals surface area contributed by atoms with Crippen molar-refractivity contribution in [2.45, 2.75) is 46.2 Å². The molecule has 1 N–H and O–H groups in total. The van der Waals surface area contributed by atoms with Crippen LogP contribution in [-0.2, 0) is 0 Å². The van der Waals surface area contributed by atoms with Gasteiger partial charge in [0.1, 0.15) is 0 Å². The van der Waals surface area contributed by atoms with E-state index in [4.69, 9.17) is 0 Å². The highest BCUT2D eigenvalue weighted by Crippen LogP contribution is 2.28. The fourth-order valence-electron chi connectivity index (χ4n) is 2.47. The molecule has 1 aromatic heterocycles. The topological polar surface area (TPSA) is 24.9 Å². The predicted molar refractivity (Wildman–Crippen MR) is 90.3 cm³/mol. The van der Waals surface area contributed by atoms with Gasteiger partial charge in [0.05, 0.1) is 10.7 Å². The standard InChI is InChI=1S/C16H21BrN2S/c1-5-15(13-6-8-14(17)9-7-13)19-11(3)16-10(2)18-12(4)20-16/h6-9,11,15,19H,5H2,1-4H3. The zero-order valence-electron chi connectivity index (χ0n) is 12.4. The largest absolute Gasteiger partial charge is 0.303 e. The first-order valence-corrected chi connectivity index (χ1v) is 8.57. The molecule has 0 bridgehead atoms. The number of rotatable bonds is 5. The van der Waals surface area contributed by atoms with E-state index < -0.39 is 0 Å². The van der Waals surface area contributed by atoms with Gasteiger partial charge < -0.3 is 5.32 Å². The van der Waals surface area contributed by atoms with E-state index in [-0.39, 0.29) is 0 Å². The third-order valence-corrected chi connectivity index (χ3v) is 5.25. The highest BCUT2D eigenvalue weighted by molar-refractivity contribution is 9.10. The number of nitrogens with one attached hydrogen (secondary N) is 1. The summed E-state index contributed by atoms with van der Waals surface area (Å²) in [6.07, 6.45) is 1.07. The van der Waals surface area contributed by atoms with Crippen molar-refractivity contribution in [1.29, 1.82) is 0 Å². The molecule has 108 valence electrons. The minimum absolute atomic E-state index is 0.329. The molecule has 20 heavy (non-hydrogen) atoms. The summed E-state index contributed by atoms with van der Waals surface area (Å²) in [5, 5.41) is 4.87. The lowest BCUT2D eigenvalue weighted by molar-refractivity contribution is 0.459. The normalized spacial score (nSPS) is 14.2. The fourth-order valence-corrected chi connectivity index (χ4v) is 3.67. The van der Waals surface area contributed by atoms with E-state index in [9.17, 15) is 0 Å². The van der Waals surface area contributed by atoms with Crippen LogP contribution in [0.2, 0.25) is 0 Å². The number of aromatic nitrogens is 1. The molecule has 0 amide bonds. The Labute approximate surface area is 133 Å². The zero-order valence-corrected chi connectivity index (χ0v) is 14.8. The summed E-state index contributed by atoms with van der Waals surface area (Å²) in [5.41, 5.74) is 2.49. The Kier molecular flexibility index (Phi) is 5.35. The maximum atomic E-state index is 4.52. The summed E-state index contributed by atoms with van der Waals surface area (Å²) < 4.78 is 1.12. The first-order valence-electron chi connectivity index (χ1n) is 6.96. The van der Waals surface area contributed by atoms with E-state index in [2.05, 4.69) is 78.2 Å². The number of halogens is 1. The maximum absolute atomic E-state index is 4.52. The van der Waals surface area contributed by atoms with Crippen LogP contribution in [0.3, 0.4) is 0 Å². The van der Waals surface area contributed by atoms with E-state index in [0.29, 0.717) is 12.1 Å². The Hall–Kier alpha value is -0.710. The van der Waals surface area contributed by atoms with Crippen molar-refractivity contribution in [1.82, 2.24) is 10.3 Å². The maximum Gasteiger partial charge on any atom is 0.0900 e. The van der Waals surface area contributed by atoms with Crippen molar-refractivity contribution < 1.29 is 0 Å². The van der Waals surface area contributed by atoms with Gasteiger partial charge in [-0.05, 0) is 44.9 Å². The van der Waals surface area contributed by atoms with E-state index in [1.165, 1.54) is 10.4 Å². The van der Waals surface area contributed by atoms with Crippen molar-refractivity contribution in [3.8, 4) is 0 Å². The van der Waals surface area contributed by atoms with Crippen LogP contribution in [0.25, 0.3) is 0 Å². The molecule has 0 aliphatic rings. The van der Waals surface area contributed by atoms with Gasteiger partial charge in [-0.2, -0.15) is 0 Å². The van der Waals surface area contributed by atoms with Crippen LogP contribution in [-0.4, -0.2) is 4.98 Å². The first-order chi connectivity index (χ1) is 9.51. The fraction of sp³-hybridized carbons (Fsp3) is 0.438. The molecule has 2 aromatic rings. The predicted octanol–water partition coefficient (Wildman–Crippen LogP) is 5.32. The van der Waals surface area contributed by atoms with Crippen LogP contribution >= 0.6 is 27.3 Å². The van der Waals surface area contributed by atoms with E-state index >= 15 is 0 Å². The lowest BCUT2D eigenvalue weighted by Gasteiger charge is -2.22. The van der Waals surface area contributed by atoms with Crippen LogP contribution in [0.1, 0.15) is 53.5 Å². The van der Waals surface area contributed by atoms with Crippen LogP contribution in [0.5, 0.6) is 0 Å². The molecular formula is C16H21BrN2S. The van der Waals surface area contributed by atoms with Gasteiger partial charge in [-0.25, -0.2) is 4.98 Å². The molecule has 4 heteroatoms. The molecule has 2 nitrogen and oxygen atoms in total. The number of hydrogen-bond donors (Lipinski definition) is 1. The number of aryl methyl sites for hydroxylation is 2. The van der Waals surface area contributed by atoms with Gasteiger partial charge in [0.2, 0.25) is 0 Å². The molecule has 0 aliphatic heterocycles. The third-order valence-electron chi connectivity index (χ3n) is 3.46. The second kappa shape index (κ2) is 6.83. The SMILES string of the molecule is CCC(NC(C)c1sc(C)nc1C)c1ccc(Br)cc1. The Balaban J connectivity index is 2.13. The van der Waals surface area contributed by atoms with Gasteiger partial charge in [0.25, 0.3) is 0 Å². The van der Waals surface area contributed by atoms with Gasteiger partial charge >= 0.3 is 0 Å². The molecule has 2 unspecified atom stereocenters. The van der Waals surface area contributed by atoms with E-state index in [0.717, 1.165) is 21.6 Å². The van der Waals surface area contributed by atoms with Gasteiger partial charge in [-0.15, -0.1) is 11.3 Å². The number of thiazole rings is 1. The molecule has 0 spiro atoms. The lowest BCUT2D eigenvalue weighted by Crippen LogP contribution is -2.24.